The maximum Gasteiger partial charge on any atom is 0.193 e. The van der Waals surface area contributed by atoms with Crippen LogP contribution in [0.3, 0.4) is 0 Å². The van der Waals surface area contributed by atoms with Gasteiger partial charge in [0.15, 0.2) is 5.78 Å². The summed E-state index contributed by atoms with van der Waals surface area (Å²) in [5.41, 5.74) is 6.06. The Balaban J connectivity index is 1.65. The lowest BCUT2D eigenvalue weighted by atomic mass is 10.0. The van der Waals surface area contributed by atoms with Crippen molar-refractivity contribution in [2.45, 2.75) is 6.92 Å². The van der Waals surface area contributed by atoms with E-state index >= 15 is 0 Å². The Morgan fingerprint density at radius 1 is 0.643 bits per heavy atom. The molecule has 0 unspecified atom stereocenters. The molecule has 0 atom stereocenters. The van der Waals surface area contributed by atoms with Crippen molar-refractivity contribution in [3.8, 4) is 5.69 Å². The molecule has 0 aliphatic heterocycles. The fourth-order valence-electron chi connectivity index (χ4n) is 3.88. The van der Waals surface area contributed by atoms with Gasteiger partial charge < -0.3 is 4.57 Å². The van der Waals surface area contributed by atoms with Gasteiger partial charge in [0.05, 0.1) is 11.0 Å². The van der Waals surface area contributed by atoms with Crippen LogP contribution in [0.25, 0.3) is 27.5 Å². The van der Waals surface area contributed by atoms with Crippen molar-refractivity contribution in [1.82, 2.24) is 4.57 Å². The Bertz CT molecular complexity index is 1310. The number of benzene rings is 4. The Kier molecular flexibility index (Phi) is 3.84. The molecule has 0 saturated carbocycles. The number of hydrogen-bond donors (Lipinski definition) is 0. The number of aromatic nitrogens is 1. The van der Waals surface area contributed by atoms with E-state index in [2.05, 4.69) is 54.0 Å². The summed E-state index contributed by atoms with van der Waals surface area (Å²) in [6.07, 6.45) is 0. The quantitative estimate of drug-likeness (QED) is 0.345. The summed E-state index contributed by atoms with van der Waals surface area (Å²) in [5.74, 6) is 0.0463. The molecule has 0 fully saturated rings. The number of carbonyl (C=O) groups is 1. The second-order valence-corrected chi connectivity index (χ2v) is 7.12. The van der Waals surface area contributed by atoms with Crippen molar-refractivity contribution in [3.05, 3.63) is 114 Å². The number of carbonyl (C=O) groups excluding carboxylic acids is 1. The highest BCUT2D eigenvalue weighted by Gasteiger charge is 2.13. The minimum absolute atomic E-state index is 0.0463. The molecule has 28 heavy (non-hydrogen) atoms. The van der Waals surface area contributed by atoms with E-state index in [-0.39, 0.29) is 5.78 Å². The molecule has 1 aromatic heterocycles. The summed E-state index contributed by atoms with van der Waals surface area (Å²) in [6.45, 7) is 2.12. The molecule has 0 saturated heterocycles. The van der Waals surface area contributed by atoms with Crippen molar-refractivity contribution in [2.75, 3.05) is 0 Å². The van der Waals surface area contributed by atoms with Gasteiger partial charge in [-0.2, -0.15) is 0 Å². The van der Waals surface area contributed by atoms with Crippen LogP contribution in [0.5, 0.6) is 0 Å². The fourth-order valence-corrected chi connectivity index (χ4v) is 3.88. The molecular weight excluding hydrogens is 342 g/mol. The van der Waals surface area contributed by atoms with Gasteiger partial charge in [-0.25, -0.2) is 0 Å². The number of ketones is 1. The van der Waals surface area contributed by atoms with Crippen molar-refractivity contribution < 1.29 is 4.79 Å². The molecule has 5 aromatic rings. The number of nitrogens with zero attached hydrogens (tertiary/aromatic N) is 1. The monoisotopic (exact) mass is 361 g/mol. The Morgan fingerprint density at radius 2 is 1.29 bits per heavy atom. The average Bonchev–Trinajstić information content (AvgIpc) is 3.08. The topological polar surface area (TPSA) is 22.0 Å². The van der Waals surface area contributed by atoms with E-state index in [1.54, 1.807) is 0 Å². The second-order valence-electron chi connectivity index (χ2n) is 7.12. The van der Waals surface area contributed by atoms with Crippen LogP contribution in [0, 0.1) is 6.92 Å². The standard InChI is InChI=1S/C26H19NO/c1-18-11-16-25-23(17-18)22-9-5-6-10-24(22)27(25)21-14-12-20(13-15-21)26(28)19-7-3-2-4-8-19/h2-17H,1H3. The third kappa shape index (κ3) is 2.62. The van der Waals surface area contributed by atoms with E-state index in [0.29, 0.717) is 11.1 Å². The van der Waals surface area contributed by atoms with E-state index in [0.717, 1.165) is 5.69 Å². The Hall–Kier alpha value is -3.65. The first-order chi connectivity index (χ1) is 13.7. The van der Waals surface area contributed by atoms with Crippen LogP contribution in [0.2, 0.25) is 0 Å². The van der Waals surface area contributed by atoms with Crippen LogP contribution in [0.1, 0.15) is 21.5 Å². The highest BCUT2D eigenvalue weighted by molar-refractivity contribution is 6.10. The molecule has 0 spiro atoms. The second kappa shape index (κ2) is 6.50. The largest absolute Gasteiger partial charge is 0.309 e. The maximum absolute atomic E-state index is 12.7. The Labute approximate surface area is 163 Å². The highest BCUT2D eigenvalue weighted by Crippen LogP contribution is 2.32. The SMILES string of the molecule is Cc1ccc2c(c1)c1ccccc1n2-c1ccc(C(=O)c2ccccc2)cc1. The highest BCUT2D eigenvalue weighted by atomic mass is 16.1. The van der Waals surface area contributed by atoms with Gasteiger partial charge >= 0.3 is 0 Å². The zero-order valence-corrected chi connectivity index (χ0v) is 15.6. The van der Waals surface area contributed by atoms with Gasteiger partial charge in [0.1, 0.15) is 0 Å². The molecule has 1 heterocycles. The van der Waals surface area contributed by atoms with Gasteiger partial charge in [-0.15, -0.1) is 0 Å². The zero-order chi connectivity index (χ0) is 19.1. The first-order valence-electron chi connectivity index (χ1n) is 9.42. The first-order valence-corrected chi connectivity index (χ1v) is 9.42. The van der Waals surface area contributed by atoms with Gasteiger partial charge in [-0.1, -0.05) is 60.2 Å². The molecule has 0 N–H and O–H groups in total. The van der Waals surface area contributed by atoms with E-state index < -0.39 is 0 Å². The third-order valence-corrected chi connectivity index (χ3v) is 5.25. The summed E-state index contributed by atoms with van der Waals surface area (Å²) < 4.78 is 2.26. The fraction of sp³-hybridized carbons (Fsp3) is 0.0385. The van der Waals surface area contributed by atoms with Crippen LogP contribution in [-0.2, 0) is 0 Å². The smallest absolute Gasteiger partial charge is 0.193 e. The number of para-hydroxylation sites is 1. The van der Waals surface area contributed by atoms with Gasteiger partial charge in [0.25, 0.3) is 0 Å². The number of hydrogen-bond acceptors (Lipinski definition) is 1. The van der Waals surface area contributed by atoms with Crippen molar-refractivity contribution in [1.29, 1.82) is 0 Å². The van der Waals surface area contributed by atoms with Crippen LogP contribution >= 0.6 is 0 Å². The molecule has 0 aliphatic carbocycles. The van der Waals surface area contributed by atoms with E-state index in [1.807, 2.05) is 54.6 Å². The third-order valence-electron chi connectivity index (χ3n) is 5.25. The molecule has 134 valence electrons. The van der Waals surface area contributed by atoms with E-state index in [4.69, 9.17) is 0 Å². The van der Waals surface area contributed by atoms with Crippen LogP contribution in [0.4, 0.5) is 0 Å². The number of fused-ring (bicyclic) bond motifs is 3. The molecular formula is C26H19NO. The van der Waals surface area contributed by atoms with Crippen LogP contribution < -0.4 is 0 Å². The lowest BCUT2D eigenvalue weighted by Crippen LogP contribution is -2.01. The van der Waals surface area contributed by atoms with Crippen LogP contribution in [-0.4, -0.2) is 10.4 Å². The lowest BCUT2D eigenvalue weighted by Gasteiger charge is -2.09. The summed E-state index contributed by atoms with van der Waals surface area (Å²) >= 11 is 0. The Morgan fingerprint density at radius 3 is 2.07 bits per heavy atom. The first kappa shape index (κ1) is 16.5. The summed E-state index contributed by atoms with van der Waals surface area (Å²) in [6, 6.07) is 32.3. The molecule has 2 nitrogen and oxygen atoms in total. The van der Waals surface area contributed by atoms with Crippen molar-refractivity contribution in [2.24, 2.45) is 0 Å². The lowest BCUT2D eigenvalue weighted by molar-refractivity contribution is 0.103. The van der Waals surface area contributed by atoms with Gasteiger partial charge in [-0.3, -0.25) is 4.79 Å². The predicted molar refractivity (Wildman–Crippen MR) is 115 cm³/mol. The summed E-state index contributed by atoms with van der Waals surface area (Å²) in [5, 5.41) is 2.49. The number of rotatable bonds is 3. The molecule has 0 bridgehead atoms. The number of aryl methyl sites for hydroxylation is 1. The van der Waals surface area contributed by atoms with Crippen molar-refractivity contribution in [3.63, 3.8) is 0 Å². The van der Waals surface area contributed by atoms with Gasteiger partial charge in [0.2, 0.25) is 0 Å². The minimum atomic E-state index is 0.0463. The molecule has 2 heteroatoms. The van der Waals surface area contributed by atoms with E-state index in [9.17, 15) is 4.79 Å². The van der Waals surface area contributed by atoms with Crippen molar-refractivity contribution >= 4 is 27.6 Å². The van der Waals surface area contributed by atoms with Gasteiger partial charge in [-0.05, 0) is 49.4 Å². The molecule has 0 radical (unpaired) electrons. The summed E-state index contributed by atoms with van der Waals surface area (Å²) in [4.78, 5) is 12.7. The minimum Gasteiger partial charge on any atom is -0.309 e. The van der Waals surface area contributed by atoms with Crippen LogP contribution in [0.15, 0.2) is 97.1 Å². The zero-order valence-electron chi connectivity index (χ0n) is 15.6. The normalized spacial score (nSPS) is 11.2. The maximum atomic E-state index is 12.7. The molecule has 5 rings (SSSR count). The predicted octanol–water partition coefficient (Wildman–Crippen LogP) is 6.32. The summed E-state index contributed by atoms with van der Waals surface area (Å²) in [7, 11) is 0. The molecule has 0 aliphatic rings. The van der Waals surface area contributed by atoms with E-state index in [1.165, 1.54) is 27.4 Å². The molecule has 0 amide bonds. The average molecular weight is 361 g/mol. The molecule has 4 aromatic carbocycles. The van der Waals surface area contributed by atoms with Gasteiger partial charge in [0, 0.05) is 27.6 Å².